The Labute approximate surface area is 384 Å². The van der Waals surface area contributed by atoms with Crippen LogP contribution in [0.4, 0.5) is 85.1 Å². The summed E-state index contributed by atoms with van der Waals surface area (Å²) in [7, 11) is -1.30. The topological polar surface area (TPSA) is 125 Å². The average Bonchev–Trinajstić information content (AvgIpc) is 3.26. The summed E-state index contributed by atoms with van der Waals surface area (Å²) in [6, 6.07) is 10.4. The van der Waals surface area contributed by atoms with Gasteiger partial charge in [-0.05, 0) is 65.5 Å². The van der Waals surface area contributed by atoms with Crippen LogP contribution in [0.25, 0.3) is 0 Å². The van der Waals surface area contributed by atoms with Crippen molar-refractivity contribution in [3.63, 3.8) is 0 Å². The van der Waals surface area contributed by atoms with E-state index in [4.69, 9.17) is 28.6 Å². The number of halogens is 17. The van der Waals surface area contributed by atoms with Gasteiger partial charge in [0.05, 0.1) is 13.7 Å². The van der Waals surface area contributed by atoms with E-state index in [1.165, 1.54) is 95.9 Å². The molecular weight excluding hydrogens is 1000 g/mol. The first-order valence-corrected chi connectivity index (χ1v) is 22.3. The summed E-state index contributed by atoms with van der Waals surface area (Å²) >= 11 is 0. The highest BCUT2D eigenvalue weighted by Gasteiger charge is 2.95. The Balaban J connectivity index is 2.33. The van der Waals surface area contributed by atoms with E-state index >= 15 is 8.78 Å². The molecule has 0 bridgehead atoms. The van der Waals surface area contributed by atoms with Crippen molar-refractivity contribution in [2.24, 2.45) is 0 Å². The molecule has 0 saturated heterocycles. The van der Waals surface area contributed by atoms with E-state index in [1.807, 2.05) is 0 Å². The van der Waals surface area contributed by atoms with Gasteiger partial charge >= 0.3 is 53.7 Å². The third-order valence-corrected chi connectivity index (χ3v) is 16.4. The highest BCUT2D eigenvalue weighted by Crippen LogP contribution is 2.64. The lowest BCUT2D eigenvalue weighted by Crippen LogP contribution is -2.74. The fraction of sp³-hybridized carbons (Fsp3) is 0.561. The molecule has 0 aliphatic rings. The van der Waals surface area contributed by atoms with Gasteiger partial charge in [-0.2, -0.15) is 74.6 Å². The van der Waals surface area contributed by atoms with Gasteiger partial charge in [-0.15, -0.1) is 0 Å². The van der Waals surface area contributed by atoms with Crippen molar-refractivity contribution in [2.75, 3.05) is 32.8 Å². The number of alkyl halides is 17. The Morgan fingerprint density at radius 1 is 0.667 bits per heavy atom. The van der Waals surface area contributed by atoms with Crippen LogP contribution in [0, 0.1) is 0 Å². The van der Waals surface area contributed by atoms with Crippen LogP contribution in [0.5, 0.6) is 11.5 Å². The number of carbonyl (C=O) groups is 2. The van der Waals surface area contributed by atoms with E-state index in [9.17, 15) is 75.4 Å². The first-order chi connectivity index (χ1) is 31.5. The number of carbonyl (C=O) groups excluding carboxylic acids is 2. The van der Waals surface area contributed by atoms with Crippen molar-refractivity contribution >= 4 is 26.0 Å². The Hall–Kier alpha value is -4.83. The molecule has 0 spiro atoms. The summed E-state index contributed by atoms with van der Waals surface area (Å²) < 4.78 is 264. The van der Waals surface area contributed by atoms with E-state index in [1.54, 1.807) is 18.2 Å². The van der Waals surface area contributed by atoms with E-state index in [-0.39, 0.29) is 12.2 Å². The molecule has 2 atom stereocenters. The van der Waals surface area contributed by atoms with Gasteiger partial charge in [0.25, 0.3) is 5.91 Å². The molecule has 2 amide bonds. The number of anilines is 1. The highest BCUT2D eigenvalue weighted by molar-refractivity contribution is 6.76. The van der Waals surface area contributed by atoms with Crippen LogP contribution in [-0.4, -0.2) is 107 Å². The maximum absolute atomic E-state index is 15.0. The molecule has 2 aromatic rings. The molecule has 0 saturated carbocycles. The molecule has 2 rings (SSSR count). The molecule has 0 aromatic heterocycles. The molecule has 28 heteroatoms. The molecule has 10 nitrogen and oxygen atoms in total. The molecule has 69 heavy (non-hydrogen) atoms. The van der Waals surface area contributed by atoms with Gasteiger partial charge in [0.2, 0.25) is 0 Å². The van der Waals surface area contributed by atoms with Crippen molar-refractivity contribution in [3.8, 4) is 11.5 Å². The number of amides is 2. The third-order valence-electron chi connectivity index (χ3n) is 10.7. The summed E-state index contributed by atoms with van der Waals surface area (Å²) in [6.07, 6.45) is -8.03. The number of nitrogens with one attached hydrogen (secondary N) is 2. The molecular formula is C41H47F17N2O8Si. The fourth-order valence-electron chi connectivity index (χ4n) is 6.61. The third kappa shape index (κ3) is 12.9. The smallest absolute Gasteiger partial charge is 0.460 e. The lowest BCUT2D eigenvalue weighted by molar-refractivity contribution is -0.461. The molecule has 0 unspecified atom stereocenters. The van der Waals surface area contributed by atoms with Crippen LogP contribution in [0.15, 0.2) is 72.8 Å². The number of hydroxylamine groups is 1. The summed E-state index contributed by atoms with van der Waals surface area (Å²) in [5, 5.41) is 11.2. The van der Waals surface area contributed by atoms with Crippen molar-refractivity contribution in [1.82, 2.24) is 5.48 Å². The highest BCUT2D eigenvalue weighted by atomic mass is 28.4. The number of benzene rings is 2. The zero-order chi connectivity index (χ0) is 53.2. The molecule has 0 fully saturated rings. The number of rotatable bonds is 26. The Morgan fingerprint density at radius 3 is 1.62 bits per heavy atom. The second kappa shape index (κ2) is 22.9. The van der Waals surface area contributed by atoms with Gasteiger partial charge < -0.3 is 23.4 Å². The number of methoxy groups -OCH3 is 2. The van der Waals surface area contributed by atoms with Gasteiger partial charge in [0.15, 0.2) is 14.4 Å². The average molecular weight is 1050 g/mol. The van der Waals surface area contributed by atoms with E-state index in [0.29, 0.717) is 17.0 Å². The SMILES string of the molecule is COc1ccc(NC(=O)O[C@H](c2ccc(OCCO[Si](CCC(F)(F)C(F)(F)C(F)(F)C(F)(F)C(F)(F)C(F)(F)C(F)(F)C(F)(F)F)(C(C)C)C(C)C)cc2)[C@@H](C/C=C/C=C/C(=O)NO)OC)cc1. The number of hydrogen-bond acceptors (Lipinski definition) is 8. The maximum Gasteiger partial charge on any atom is 0.460 e. The summed E-state index contributed by atoms with van der Waals surface area (Å²) in [6.45, 7) is 4.21. The second-order valence-electron chi connectivity index (χ2n) is 15.6. The molecule has 392 valence electrons. The largest absolute Gasteiger partial charge is 0.497 e. The molecule has 0 radical (unpaired) electrons. The van der Waals surface area contributed by atoms with Gasteiger partial charge in [0, 0.05) is 25.3 Å². The predicted octanol–water partition coefficient (Wildman–Crippen LogP) is 12.6. The Kier molecular flexibility index (Phi) is 20.0. The van der Waals surface area contributed by atoms with Crippen LogP contribution < -0.4 is 20.3 Å². The summed E-state index contributed by atoms with van der Waals surface area (Å²) in [5.41, 5.74) is 0.230. The fourth-order valence-corrected chi connectivity index (χ4v) is 11.1. The van der Waals surface area contributed by atoms with Crippen LogP contribution in [-0.2, 0) is 18.7 Å². The molecule has 0 aliphatic heterocycles. The van der Waals surface area contributed by atoms with E-state index < -0.39 is 117 Å². The van der Waals surface area contributed by atoms with Crippen LogP contribution in [0.3, 0.4) is 0 Å². The van der Waals surface area contributed by atoms with Crippen LogP contribution in [0.2, 0.25) is 17.1 Å². The minimum atomic E-state index is -8.71. The Bertz CT molecular complexity index is 2030. The maximum atomic E-state index is 15.0. The summed E-state index contributed by atoms with van der Waals surface area (Å²) in [5.74, 6) is -57.2. The normalized spacial score (nSPS) is 14.9. The van der Waals surface area contributed by atoms with Crippen molar-refractivity contribution in [1.29, 1.82) is 0 Å². The molecule has 3 N–H and O–H groups in total. The summed E-state index contributed by atoms with van der Waals surface area (Å²) in [4.78, 5) is 24.3. The minimum absolute atomic E-state index is 0.0786. The predicted molar refractivity (Wildman–Crippen MR) is 213 cm³/mol. The first kappa shape index (κ1) is 60.3. The number of hydrogen-bond donors (Lipinski definition) is 3. The first-order valence-electron chi connectivity index (χ1n) is 20.0. The minimum Gasteiger partial charge on any atom is -0.497 e. The lowest BCUT2D eigenvalue weighted by Gasteiger charge is -2.44. The van der Waals surface area contributed by atoms with Crippen molar-refractivity contribution < 1.29 is 113 Å². The van der Waals surface area contributed by atoms with Gasteiger partial charge in [0.1, 0.15) is 24.2 Å². The lowest BCUT2D eigenvalue weighted by atomic mass is 9.88. The van der Waals surface area contributed by atoms with Crippen molar-refractivity contribution in [3.05, 3.63) is 78.4 Å². The molecule has 2 aromatic carbocycles. The quantitative estimate of drug-likeness (QED) is 0.0162. The number of allylic oxidation sites excluding steroid dienone is 2. The van der Waals surface area contributed by atoms with Gasteiger partial charge in [-0.1, -0.05) is 58.1 Å². The van der Waals surface area contributed by atoms with Crippen molar-refractivity contribution in [2.45, 2.75) is 118 Å². The van der Waals surface area contributed by atoms with Crippen LogP contribution in [0.1, 0.15) is 52.2 Å². The number of ether oxygens (including phenoxy) is 4. The zero-order valence-electron chi connectivity index (χ0n) is 37.0. The van der Waals surface area contributed by atoms with E-state index in [2.05, 4.69) is 5.32 Å². The standard InChI is InChI=1S/C41H47F17N2O8Si/c1-24(2)69(25(3)4,23-20-34(42,43)35(44,45)36(46,47)37(48,49)38(50,51)39(52,53)40(54,55)41(56,57)58)67-22-21-66-29-16-12-26(13-17-29)32(30(65-6)10-8-7-9-11-31(61)60-63)68-33(62)59-27-14-18-28(64-5)19-15-27/h7-9,11-19,24-25,30,32,63H,10,20-23H2,1-6H3,(H,59,62)(H,60,61)/b8-7+,11-9+/t30-,32-/m1/s1. The second-order valence-corrected chi connectivity index (χ2v) is 20.6. The van der Waals surface area contributed by atoms with Crippen LogP contribution >= 0.6 is 0 Å². The molecule has 0 aliphatic carbocycles. The molecule has 0 heterocycles. The van der Waals surface area contributed by atoms with Gasteiger partial charge in [-0.3, -0.25) is 15.3 Å². The van der Waals surface area contributed by atoms with E-state index in [0.717, 1.165) is 6.08 Å². The monoisotopic (exact) mass is 1050 g/mol. The Morgan fingerprint density at radius 2 is 1.16 bits per heavy atom. The van der Waals surface area contributed by atoms with Gasteiger partial charge in [-0.25, -0.2) is 10.3 Å². The zero-order valence-corrected chi connectivity index (χ0v) is 38.0.